The normalized spacial score (nSPS) is 10.2. The van der Waals surface area contributed by atoms with Gasteiger partial charge >= 0.3 is 0 Å². The number of hydrogen-bond acceptors (Lipinski definition) is 3. The zero-order chi connectivity index (χ0) is 9.78. The molecular weight excluding hydrogens is 168 g/mol. The van der Waals surface area contributed by atoms with Crippen molar-refractivity contribution >= 4 is 0 Å². The monoisotopic (exact) mass is 188 g/mol. The molecule has 0 aromatic carbocycles. The van der Waals surface area contributed by atoms with Crippen molar-refractivity contribution in [3.05, 3.63) is 12.7 Å². The van der Waals surface area contributed by atoms with Crippen LogP contribution in [0.2, 0.25) is 0 Å². The standard InChI is InChI=1S/C10H20O3/c1-3-6-12-9-5-10-13-8-4-7-11-2/h3H,1,4-10H2,2H3. The van der Waals surface area contributed by atoms with Crippen molar-refractivity contribution in [3.8, 4) is 0 Å². The molecule has 0 heterocycles. The first kappa shape index (κ1) is 12.6. The van der Waals surface area contributed by atoms with Crippen molar-refractivity contribution in [3.63, 3.8) is 0 Å². The van der Waals surface area contributed by atoms with Crippen LogP contribution in [-0.2, 0) is 14.2 Å². The highest BCUT2D eigenvalue weighted by Gasteiger charge is 1.89. The molecule has 0 aromatic heterocycles. The number of ether oxygens (including phenoxy) is 3. The fourth-order valence-corrected chi connectivity index (χ4v) is 0.837. The molecule has 0 saturated heterocycles. The lowest BCUT2D eigenvalue weighted by atomic mass is 10.4. The van der Waals surface area contributed by atoms with Gasteiger partial charge < -0.3 is 14.2 Å². The molecule has 3 heteroatoms. The molecule has 0 aromatic rings. The first-order valence-electron chi connectivity index (χ1n) is 4.67. The zero-order valence-electron chi connectivity index (χ0n) is 8.46. The highest BCUT2D eigenvalue weighted by molar-refractivity contribution is 4.63. The number of rotatable bonds is 10. The van der Waals surface area contributed by atoms with Crippen molar-refractivity contribution in [2.75, 3.05) is 40.1 Å². The van der Waals surface area contributed by atoms with Gasteiger partial charge in [-0.25, -0.2) is 0 Å². The molecule has 0 bridgehead atoms. The summed E-state index contributed by atoms with van der Waals surface area (Å²) in [5, 5.41) is 0. The van der Waals surface area contributed by atoms with E-state index in [9.17, 15) is 0 Å². The molecule has 0 saturated carbocycles. The molecule has 0 unspecified atom stereocenters. The largest absolute Gasteiger partial charge is 0.385 e. The van der Waals surface area contributed by atoms with Crippen LogP contribution in [-0.4, -0.2) is 40.1 Å². The van der Waals surface area contributed by atoms with Gasteiger partial charge in [0.25, 0.3) is 0 Å². The van der Waals surface area contributed by atoms with Gasteiger partial charge in [0.05, 0.1) is 6.61 Å². The third-order valence-electron chi connectivity index (χ3n) is 1.45. The van der Waals surface area contributed by atoms with Crippen molar-refractivity contribution in [2.24, 2.45) is 0 Å². The minimum absolute atomic E-state index is 0.629. The lowest BCUT2D eigenvalue weighted by molar-refractivity contribution is 0.0785. The first-order chi connectivity index (χ1) is 6.41. The summed E-state index contributed by atoms with van der Waals surface area (Å²) >= 11 is 0. The molecule has 0 aliphatic heterocycles. The minimum Gasteiger partial charge on any atom is -0.385 e. The summed E-state index contributed by atoms with van der Waals surface area (Å²) in [4.78, 5) is 0. The minimum atomic E-state index is 0.629. The molecule has 3 nitrogen and oxygen atoms in total. The lowest BCUT2D eigenvalue weighted by Gasteiger charge is -2.03. The highest BCUT2D eigenvalue weighted by atomic mass is 16.5. The fraction of sp³-hybridized carbons (Fsp3) is 0.800. The number of hydrogen-bond donors (Lipinski definition) is 0. The van der Waals surface area contributed by atoms with E-state index in [0.29, 0.717) is 6.61 Å². The Labute approximate surface area is 80.7 Å². The Morgan fingerprint density at radius 2 is 1.62 bits per heavy atom. The second-order valence-corrected chi connectivity index (χ2v) is 2.68. The first-order valence-corrected chi connectivity index (χ1v) is 4.67. The highest BCUT2D eigenvalue weighted by Crippen LogP contribution is 1.88. The Hall–Kier alpha value is -0.380. The second-order valence-electron chi connectivity index (χ2n) is 2.68. The molecule has 0 atom stereocenters. The van der Waals surface area contributed by atoms with Gasteiger partial charge in [0.1, 0.15) is 0 Å². The lowest BCUT2D eigenvalue weighted by Crippen LogP contribution is -2.03. The van der Waals surface area contributed by atoms with Gasteiger partial charge in [0.2, 0.25) is 0 Å². The van der Waals surface area contributed by atoms with Gasteiger partial charge in [0.15, 0.2) is 0 Å². The number of methoxy groups -OCH3 is 1. The smallest absolute Gasteiger partial charge is 0.0644 e. The third-order valence-corrected chi connectivity index (χ3v) is 1.45. The third kappa shape index (κ3) is 11.6. The van der Waals surface area contributed by atoms with Crippen molar-refractivity contribution in [2.45, 2.75) is 12.8 Å². The average Bonchev–Trinajstić information content (AvgIpc) is 2.16. The van der Waals surface area contributed by atoms with Gasteiger partial charge in [0, 0.05) is 33.5 Å². The Morgan fingerprint density at radius 3 is 2.23 bits per heavy atom. The van der Waals surface area contributed by atoms with Crippen LogP contribution in [0.5, 0.6) is 0 Å². The quantitative estimate of drug-likeness (QED) is 0.385. The Morgan fingerprint density at radius 1 is 1.00 bits per heavy atom. The average molecular weight is 188 g/mol. The van der Waals surface area contributed by atoms with Crippen molar-refractivity contribution in [1.82, 2.24) is 0 Å². The van der Waals surface area contributed by atoms with E-state index in [1.165, 1.54) is 0 Å². The Balaban J connectivity index is 2.79. The topological polar surface area (TPSA) is 27.7 Å². The van der Waals surface area contributed by atoms with Crippen LogP contribution in [0.3, 0.4) is 0 Å². The van der Waals surface area contributed by atoms with Crippen molar-refractivity contribution < 1.29 is 14.2 Å². The molecule has 0 rings (SSSR count). The summed E-state index contributed by atoms with van der Waals surface area (Å²) in [7, 11) is 1.70. The van der Waals surface area contributed by atoms with Crippen LogP contribution in [0.1, 0.15) is 12.8 Å². The van der Waals surface area contributed by atoms with E-state index >= 15 is 0 Å². The van der Waals surface area contributed by atoms with Gasteiger partial charge in [-0.2, -0.15) is 0 Å². The Kier molecular flexibility index (Phi) is 11.3. The SMILES string of the molecule is C=CCOCCCOCCCOC. The summed E-state index contributed by atoms with van der Waals surface area (Å²) < 4.78 is 15.4. The van der Waals surface area contributed by atoms with Crippen LogP contribution in [0.4, 0.5) is 0 Å². The second kappa shape index (κ2) is 11.6. The van der Waals surface area contributed by atoms with Crippen LogP contribution in [0.15, 0.2) is 12.7 Å². The van der Waals surface area contributed by atoms with Crippen LogP contribution in [0.25, 0.3) is 0 Å². The maximum Gasteiger partial charge on any atom is 0.0644 e. The molecule has 0 amide bonds. The van der Waals surface area contributed by atoms with E-state index in [1.807, 2.05) is 0 Å². The van der Waals surface area contributed by atoms with E-state index in [0.717, 1.165) is 39.3 Å². The van der Waals surface area contributed by atoms with Gasteiger partial charge in [-0.15, -0.1) is 6.58 Å². The Bertz CT molecular complexity index is 104. The van der Waals surface area contributed by atoms with E-state index < -0.39 is 0 Å². The molecule has 0 radical (unpaired) electrons. The maximum absolute atomic E-state index is 5.33. The fourth-order valence-electron chi connectivity index (χ4n) is 0.837. The summed E-state index contributed by atoms with van der Waals surface area (Å²) in [5.74, 6) is 0. The van der Waals surface area contributed by atoms with Crippen LogP contribution >= 0.6 is 0 Å². The predicted octanol–water partition coefficient (Wildman–Crippen LogP) is 1.63. The van der Waals surface area contributed by atoms with E-state index in [-0.39, 0.29) is 0 Å². The van der Waals surface area contributed by atoms with Crippen LogP contribution in [0, 0.1) is 0 Å². The van der Waals surface area contributed by atoms with E-state index in [1.54, 1.807) is 13.2 Å². The predicted molar refractivity (Wildman–Crippen MR) is 52.9 cm³/mol. The van der Waals surface area contributed by atoms with Crippen molar-refractivity contribution in [1.29, 1.82) is 0 Å². The van der Waals surface area contributed by atoms with E-state index in [2.05, 4.69) is 6.58 Å². The molecular formula is C10H20O3. The summed E-state index contributed by atoms with van der Waals surface area (Å²) in [5.41, 5.74) is 0. The van der Waals surface area contributed by atoms with E-state index in [4.69, 9.17) is 14.2 Å². The molecule has 0 N–H and O–H groups in total. The maximum atomic E-state index is 5.33. The van der Waals surface area contributed by atoms with Gasteiger partial charge in [-0.05, 0) is 12.8 Å². The molecule has 78 valence electrons. The molecule has 0 spiro atoms. The van der Waals surface area contributed by atoms with Crippen LogP contribution < -0.4 is 0 Å². The molecule has 0 aliphatic carbocycles. The molecule has 0 aliphatic rings. The zero-order valence-corrected chi connectivity index (χ0v) is 8.46. The summed E-state index contributed by atoms with van der Waals surface area (Å²) in [6.07, 6.45) is 3.66. The van der Waals surface area contributed by atoms with Gasteiger partial charge in [-0.3, -0.25) is 0 Å². The summed E-state index contributed by atoms with van der Waals surface area (Å²) in [6, 6.07) is 0. The molecule has 0 fully saturated rings. The van der Waals surface area contributed by atoms with Gasteiger partial charge in [-0.1, -0.05) is 6.08 Å². The summed E-state index contributed by atoms with van der Waals surface area (Å²) in [6.45, 7) is 7.24. The molecule has 13 heavy (non-hydrogen) atoms.